The third-order valence-corrected chi connectivity index (χ3v) is 1.47. The van der Waals surface area contributed by atoms with E-state index in [2.05, 4.69) is 0 Å². The molecule has 1 aliphatic heterocycles. The predicted octanol–water partition coefficient (Wildman–Crippen LogP) is 1.06. The first-order valence-electron chi connectivity index (χ1n) is 3.35. The van der Waals surface area contributed by atoms with E-state index in [-0.39, 0.29) is 12.7 Å². The zero-order valence-corrected chi connectivity index (χ0v) is 5.42. The fraction of sp³-hybridized carbons (Fsp3) is 0.714. The SMILES string of the molecule is OCCC1CCC=CO1. The fourth-order valence-electron chi connectivity index (χ4n) is 0.941. The minimum absolute atomic E-state index is 0.235. The molecule has 0 aromatic carbocycles. The maximum Gasteiger partial charge on any atom is 0.100 e. The molecule has 0 bridgehead atoms. The highest BCUT2D eigenvalue weighted by Crippen LogP contribution is 2.12. The average Bonchev–Trinajstić information content (AvgIpc) is 1.91. The summed E-state index contributed by atoms with van der Waals surface area (Å²) < 4.78 is 5.18. The molecule has 0 radical (unpaired) electrons. The van der Waals surface area contributed by atoms with Crippen LogP contribution in [0, 0.1) is 0 Å². The van der Waals surface area contributed by atoms with Gasteiger partial charge in [0.25, 0.3) is 0 Å². The molecule has 1 heterocycles. The minimum Gasteiger partial charge on any atom is -0.498 e. The lowest BCUT2D eigenvalue weighted by atomic mass is 10.1. The Hall–Kier alpha value is -0.500. The molecule has 9 heavy (non-hydrogen) atoms. The number of hydrogen-bond acceptors (Lipinski definition) is 2. The molecule has 1 aliphatic rings. The Labute approximate surface area is 55.1 Å². The molecular formula is C7H12O2. The quantitative estimate of drug-likeness (QED) is 0.602. The number of allylic oxidation sites excluding steroid dienone is 1. The first-order valence-corrected chi connectivity index (χ1v) is 3.35. The Balaban J connectivity index is 2.18. The van der Waals surface area contributed by atoms with Crippen LogP contribution in [0.2, 0.25) is 0 Å². The molecule has 1 N–H and O–H groups in total. The number of hydrogen-bond donors (Lipinski definition) is 1. The van der Waals surface area contributed by atoms with Gasteiger partial charge in [-0.3, -0.25) is 0 Å². The summed E-state index contributed by atoms with van der Waals surface area (Å²) >= 11 is 0. The Bertz CT molecular complexity index is 99.1. The first-order chi connectivity index (χ1) is 4.43. The van der Waals surface area contributed by atoms with Gasteiger partial charge in [0.1, 0.15) is 6.10 Å². The monoisotopic (exact) mass is 128 g/mol. The molecule has 0 saturated heterocycles. The molecule has 0 saturated carbocycles. The minimum atomic E-state index is 0.235. The lowest BCUT2D eigenvalue weighted by Crippen LogP contribution is -2.13. The van der Waals surface area contributed by atoms with Crippen molar-refractivity contribution in [3.8, 4) is 0 Å². The van der Waals surface area contributed by atoms with Crippen molar-refractivity contribution in [3.63, 3.8) is 0 Å². The largest absolute Gasteiger partial charge is 0.498 e. The van der Waals surface area contributed by atoms with E-state index in [1.807, 2.05) is 6.08 Å². The zero-order chi connectivity index (χ0) is 6.53. The number of aliphatic hydroxyl groups excluding tert-OH is 1. The lowest BCUT2D eigenvalue weighted by molar-refractivity contribution is 0.0946. The third kappa shape index (κ3) is 2.06. The van der Waals surface area contributed by atoms with Crippen molar-refractivity contribution >= 4 is 0 Å². The Morgan fingerprint density at radius 2 is 2.56 bits per heavy atom. The normalized spacial score (nSPS) is 25.7. The van der Waals surface area contributed by atoms with Gasteiger partial charge in [-0.1, -0.05) is 0 Å². The summed E-state index contributed by atoms with van der Waals surface area (Å²) in [6.07, 6.45) is 6.91. The Morgan fingerprint density at radius 1 is 1.67 bits per heavy atom. The standard InChI is InChI=1S/C7H12O2/c8-5-4-7-3-1-2-6-9-7/h2,6-8H,1,3-5H2. The lowest BCUT2D eigenvalue weighted by Gasteiger charge is -2.17. The fourth-order valence-corrected chi connectivity index (χ4v) is 0.941. The van der Waals surface area contributed by atoms with E-state index in [1.54, 1.807) is 6.26 Å². The highest BCUT2D eigenvalue weighted by Gasteiger charge is 2.08. The van der Waals surface area contributed by atoms with E-state index < -0.39 is 0 Å². The molecule has 2 nitrogen and oxygen atoms in total. The second-order valence-electron chi connectivity index (χ2n) is 2.22. The van der Waals surface area contributed by atoms with Crippen molar-refractivity contribution in [1.82, 2.24) is 0 Å². The molecule has 0 aromatic heterocycles. The second kappa shape index (κ2) is 3.51. The molecule has 1 unspecified atom stereocenters. The van der Waals surface area contributed by atoms with Crippen molar-refractivity contribution in [2.24, 2.45) is 0 Å². The van der Waals surface area contributed by atoms with E-state index in [1.165, 1.54) is 0 Å². The molecule has 0 spiro atoms. The van der Waals surface area contributed by atoms with E-state index >= 15 is 0 Å². The summed E-state index contributed by atoms with van der Waals surface area (Å²) in [5.41, 5.74) is 0. The van der Waals surface area contributed by atoms with Crippen molar-refractivity contribution in [1.29, 1.82) is 0 Å². The summed E-state index contributed by atoms with van der Waals surface area (Å²) in [6.45, 7) is 0.235. The maximum absolute atomic E-state index is 8.51. The summed E-state index contributed by atoms with van der Waals surface area (Å²) in [7, 11) is 0. The van der Waals surface area contributed by atoms with Crippen molar-refractivity contribution in [3.05, 3.63) is 12.3 Å². The summed E-state index contributed by atoms with van der Waals surface area (Å²) in [6, 6.07) is 0. The van der Waals surface area contributed by atoms with Crippen LogP contribution in [0.4, 0.5) is 0 Å². The zero-order valence-electron chi connectivity index (χ0n) is 5.42. The van der Waals surface area contributed by atoms with Crippen molar-refractivity contribution < 1.29 is 9.84 Å². The second-order valence-corrected chi connectivity index (χ2v) is 2.22. The maximum atomic E-state index is 8.51. The molecular weight excluding hydrogens is 116 g/mol. The van der Waals surface area contributed by atoms with E-state index in [9.17, 15) is 0 Å². The van der Waals surface area contributed by atoms with Gasteiger partial charge in [-0.15, -0.1) is 0 Å². The third-order valence-electron chi connectivity index (χ3n) is 1.47. The molecule has 2 heteroatoms. The summed E-state index contributed by atoms with van der Waals surface area (Å²) in [4.78, 5) is 0. The molecule has 0 aromatic rings. The van der Waals surface area contributed by atoms with Gasteiger partial charge >= 0.3 is 0 Å². The van der Waals surface area contributed by atoms with Crippen LogP contribution in [0.15, 0.2) is 12.3 Å². The van der Waals surface area contributed by atoms with Crippen LogP contribution in [0.1, 0.15) is 19.3 Å². The van der Waals surface area contributed by atoms with E-state index in [0.29, 0.717) is 0 Å². The first kappa shape index (κ1) is 6.62. The highest BCUT2D eigenvalue weighted by molar-refractivity contribution is 4.81. The van der Waals surface area contributed by atoms with Gasteiger partial charge in [0, 0.05) is 13.0 Å². The Morgan fingerprint density at radius 3 is 3.11 bits per heavy atom. The predicted molar refractivity (Wildman–Crippen MR) is 34.9 cm³/mol. The van der Waals surface area contributed by atoms with E-state index in [0.717, 1.165) is 19.3 Å². The van der Waals surface area contributed by atoms with Crippen LogP contribution in [0.5, 0.6) is 0 Å². The van der Waals surface area contributed by atoms with Gasteiger partial charge in [0.2, 0.25) is 0 Å². The molecule has 0 amide bonds. The van der Waals surface area contributed by atoms with Gasteiger partial charge < -0.3 is 9.84 Å². The molecule has 52 valence electrons. The van der Waals surface area contributed by atoms with Gasteiger partial charge in [0.05, 0.1) is 6.26 Å². The van der Waals surface area contributed by atoms with Gasteiger partial charge in [-0.05, 0) is 18.9 Å². The molecule has 1 rings (SSSR count). The Kier molecular flexibility index (Phi) is 2.58. The molecule has 0 fully saturated rings. The van der Waals surface area contributed by atoms with Gasteiger partial charge in [0.15, 0.2) is 0 Å². The van der Waals surface area contributed by atoms with Crippen LogP contribution in [-0.2, 0) is 4.74 Å². The van der Waals surface area contributed by atoms with Crippen LogP contribution in [0.3, 0.4) is 0 Å². The van der Waals surface area contributed by atoms with E-state index in [4.69, 9.17) is 9.84 Å². The number of aliphatic hydroxyl groups is 1. The van der Waals surface area contributed by atoms with Crippen LogP contribution in [0.25, 0.3) is 0 Å². The topological polar surface area (TPSA) is 29.5 Å². The summed E-state index contributed by atoms with van der Waals surface area (Å²) in [5, 5.41) is 8.51. The van der Waals surface area contributed by atoms with Gasteiger partial charge in [-0.2, -0.15) is 0 Å². The molecule has 1 atom stereocenters. The van der Waals surface area contributed by atoms with Gasteiger partial charge in [-0.25, -0.2) is 0 Å². The average molecular weight is 128 g/mol. The summed E-state index contributed by atoms with van der Waals surface area (Å²) in [5.74, 6) is 0. The smallest absolute Gasteiger partial charge is 0.100 e. The van der Waals surface area contributed by atoms with Crippen molar-refractivity contribution in [2.75, 3.05) is 6.61 Å². The van der Waals surface area contributed by atoms with Crippen LogP contribution in [-0.4, -0.2) is 17.8 Å². The number of ether oxygens (including phenoxy) is 1. The molecule has 0 aliphatic carbocycles. The van der Waals surface area contributed by atoms with Crippen LogP contribution >= 0.6 is 0 Å². The van der Waals surface area contributed by atoms with Crippen molar-refractivity contribution in [2.45, 2.75) is 25.4 Å². The highest BCUT2D eigenvalue weighted by atomic mass is 16.5. The van der Waals surface area contributed by atoms with Crippen LogP contribution < -0.4 is 0 Å². The number of rotatable bonds is 2.